The smallest absolute Gasteiger partial charge is 0.257 e. The SMILES string of the molecule is CC1CN(C(=O)c2cc(I)ccc2O)CCN1. The number of benzene rings is 1. The van der Waals surface area contributed by atoms with Crippen LogP contribution in [-0.4, -0.2) is 41.6 Å². The Kier molecular flexibility index (Phi) is 3.88. The highest BCUT2D eigenvalue weighted by molar-refractivity contribution is 14.1. The molecule has 1 heterocycles. The second-order valence-corrected chi connectivity index (χ2v) is 5.51. The monoisotopic (exact) mass is 346 g/mol. The van der Waals surface area contributed by atoms with Crippen LogP contribution in [0.15, 0.2) is 18.2 Å². The third-order valence-electron chi connectivity index (χ3n) is 2.84. The van der Waals surface area contributed by atoms with Gasteiger partial charge in [0.1, 0.15) is 5.75 Å². The Labute approximate surface area is 114 Å². The zero-order valence-electron chi connectivity index (χ0n) is 9.61. The Hall–Kier alpha value is -0.820. The molecule has 0 spiro atoms. The van der Waals surface area contributed by atoms with E-state index in [1.165, 1.54) is 0 Å². The first kappa shape index (κ1) is 12.6. The van der Waals surface area contributed by atoms with Gasteiger partial charge < -0.3 is 15.3 Å². The van der Waals surface area contributed by atoms with Crippen molar-refractivity contribution in [1.82, 2.24) is 10.2 Å². The third kappa shape index (κ3) is 2.90. The Balaban J connectivity index is 2.21. The van der Waals surface area contributed by atoms with Gasteiger partial charge in [0.2, 0.25) is 0 Å². The number of halogens is 1. The summed E-state index contributed by atoms with van der Waals surface area (Å²) < 4.78 is 0.951. The fourth-order valence-corrected chi connectivity index (χ4v) is 2.46. The van der Waals surface area contributed by atoms with Crippen LogP contribution in [-0.2, 0) is 0 Å². The van der Waals surface area contributed by atoms with Crippen molar-refractivity contribution >= 4 is 28.5 Å². The van der Waals surface area contributed by atoms with Crippen molar-refractivity contribution in [1.29, 1.82) is 0 Å². The van der Waals surface area contributed by atoms with Crippen LogP contribution in [0.2, 0.25) is 0 Å². The van der Waals surface area contributed by atoms with Crippen molar-refractivity contribution in [2.75, 3.05) is 19.6 Å². The number of phenolic OH excluding ortho intramolecular Hbond substituents is 1. The average Bonchev–Trinajstić information content (AvgIpc) is 2.31. The van der Waals surface area contributed by atoms with E-state index in [2.05, 4.69) is 27.9 Å². The Morgan fingerprint density at radius 2 is 2.35 bits per heavy atom. The summed E-state index contributed by atoms with van der Waals surface area (Å²) in [5.74, 6) is -0.0315. The van der Waals surface area contributed by atoms with Gasteiger partial charge in [-0.05, 0) is 47.7 Å². The lowest BCUT2D eigenvalue weighted by molar-refractivity contribution is 0.0706. The largest absolute Gasteiger partial charge is 0.507 e. The summed E-state index contributed by atoms with van der Waals surface area (Å²) in [6.07, 6.45) is 0. The molecule has 1 aromatic rings. The van der Waals surface area contributed by atoms with E-state index in [0.29, 0.717) is 24.7 Å². The van der Waals surface area contributed by atoms with Gasteiger partial charge in [-0.15, -0.1) is 0 Å². The predicted molar refractivity (Wildman–Crippen MR) is 74.2 cm³/mol. The van der Waals surface area contributed by atoms with E-state index in [1.807, 2.05) is 6.92 Å². The number of nitrogens with one attached hydrogen (secondary N) is 1. The van der Waals surface area contributed by atoms with Gasteiger partial charge >= 0.3 is 0 Å². The number of carbonyl (C=O) groups excluding carboxylic acids is 1. The van der Waals surface area contributed by atoms with Crippen LogP contribution in [0.1, 0.15) is 17.3 Å². The number of amides is 1. The number of carbonyl (C=O) groups is 1. The highest BCUT2D eigenvalue weighted by Crippen LogP contribution is 2.21. The van der Waals surface area contributed by atoms with E-state index in [-0.39, 0.29) is 11.7 Å². The third-order valence-corrected chi connectivity index (χ3v) is 3.52. The first-order valence-electron chi connectivity index (χ1n) is 5.59. The molecule has 1 amide bonds. The molecular formula is C12H15IN2O2. The predicted octanol–water partition coefficient (Wildman–Crippen LogP) is 1.43. The standard InChI is InChI=1S/C12H15IN2O2/c1-8-7-15(5-4-14-8)12(17)10-6-9(13)2-3-11(10)16/h2-3,6,8,14,16H,4-5,7H2,1H3. The topological polar surface area (TPSA) is 52.6 Å². The molecule has 0 bridgehead atoms. The van der Waals surface area contributed by atoms with Gasteiger partial charge in [0.15, 0.2) is 0 Å². The molecule has 1 aliphatic rings. The lowest BCUT2D eigenvalue weighted by Crippen LogP contribution is -2.51. The molecule has 0 saturated carbocycles. The lowest BCUT2D eigenvalue weighted by atomic mass is 10.1. The summed E-state index contributed by atoms with van der Waals surface area (Å²) in [5, 5.41) is 13.0. The molecule has 1 saturated heterocycles. The molecule has 92 valence electrons. The molecular weight excluding hydrogens is 331 g/mol. The number of phenols is 1. The van der Waals surface area contributed by atoms with Gasteiger partial charge in [0.05, 0.1) is 5.56 Å². The summed E-state index contributed by atoms with van der Waals surface area (Å²) in [4.78, 5) is 14.0. The summed E-state index contributed by atoms with van der Waals surface area (Å²) in [5.41, 5.74) is 0.394. The molecule has 0 radical (unpaired) electrons. The fourth-order valence-electron chi connectivity index (χ4n) is 1.97. The van der Waals surface area contributed by atoms with Crippen LogP contribution in [0.4, 0.5) is 0 Å². The number of aromatic hydroxyl groups is 1. The molecule has 0 aliphatic carbocycles. The molecule has 1 aromatic carbocycles. The van der Waals surface area contributed by atoms with E-state index in [9.17, 15) is 9.90 Å². The molecule has 17 heavy (non-hydrogen) atoms. The molecule has 1 unspecified atom stereocenters. The Morgan fingerprint density at radius 3 is 3.06 bits per heavy atom. The van der Waals surface area contributed by atoms with E-state index in [1.54, 1.807) is 23.1 Å². The van der Waals surface area contributed by atoms with Crippen molar-refractivity contribution in [3.63, 3.8) is 0 Å². The summed E-state index contributed by atoms with van der Waals surface area (Å²) in [6.45, 7) is 4.23. The van der Waals surface area contributed by atoms with Crippen LogP contribution in [0.5, 0.6) is 5.75 Å². The van der Waals surface area contributed by atoms with E-state index < -0.39 is 0 Å². The number of hydrogen-bond donors (Lipinski definition) is 2. The zero-order valence-corrected chi connectivity index (χ0v) is 11.8. The van der Waals surface area contributed by atoms with Crippen molar-refractivity contribution < 1.29 is 9.90 Å². The van der Waals surface area contributed by atoms with Crippen molar-refractivity contribution in [2.24, 2.45) is 0 Å². The summed E-state index contributed by atoms with van der Waals surface area (Å²) in [6, 6.07) is 5.39. The number of hydrogen-bond acceptors (Lipinski definition) is 3. The van der Waals surface area contributed by atoms with E-state index >= 15 is 0 Å². The van der Waals surface area contributed by atoms with Crippen LogP contribution in [0, 0.1) is 3.57 Å². The maximum atomic E-state index is 12.3. The highest BCUT2D eigenvalue weighted by Gasteiger charge is 2.23. The molecule has 1 fully saturated rings. The van der Waals surface area contributed by atoms with Crippen LogP contribution in [0.25, 0.3) is 0 Å². The first-order valence-corrected chi connectivity index (χ1v) is 6.67. The maximum absolute atomic E-state index is 12.3. The number of rotatable bonds is 1. The second kappa shape index (κ2) is 5.22. The zero-order chi connectivity index (χ0) is 12.4. The Morgan fingerprint density at radius 1 is 1.59 bits per heavy atom. The minimum absolute atomic E-state index is 0.0570. The normalized spacial score (nSPS) is 20.4. The lowest BCUT2D eigenvalue weighted by Gasteiger charge is -2.32. The number of nitrogens with zero attached hydrogens (tertiary/aromatic N) is 1. The van der Waals surface area contributed by atoms with Crippen LogP contribution in [0.3, 0.4) is 0 Å². The molecule has 0 aromatic heterocycles. The van der Waals surface area contributed by atoms with Gasteiger partial charge in [-0.1, -0.05) is 0 Å². The number of piperazine rings is 1. The van der Waals surface area contributed by atoms with Crippen LogP contribution >= 0.6 is 22.6 Å². The van der Waals surface area contributed by atoms with Gasteiger partial charge in [0, 0.05) is 29.2 Å². The molecule has 2 N–H and O–H groups in total. The molecule has 5 heteroatoms. The summed E-state index contributed by atoms with van der Waals surface area (Å²) in [7, 11) is 0. The van der Waals surface area contributed by atoms with Gasteiger partial charge in [-0.3, -0.25) is 4.79 Å². The summed E-state index contributed by atoms with van der Waals surface area (Å²) >= 11 is 2.14. The highest BCUT2D eigenvalue weighted by atomic mass is 127. The Bertz CT molecular complexity index is 437. The van der Waals surface area contributed by atoms with E-state index in [0.717, 1.165) is 10.1 Å². The second-order valence-electron chi connectivity index (χ2n) is 4.27. The molecule has 1 aliphatic heterocycles. The molecule has 2 rings (SSSR count). The van der Waals surface area contributed by atoms with Crippen molar-refractivity contribution in [2.45, 2.75) is 13.0 Å². The first-order chi connectivity index (χ1) is 8.08. The maximum Gasteiger partial charge on any atom is 0.257 e. The molecule has 4 nitrogen and oxygen atoms in total. The van der Waals surface area contributed by atoms with Crippen LogP contribution < -0.4 is 5.32 Å². The van der Waals surface area contributed by atoms with Gasteiger partial charge in [0.25, 0.3) is 5.91 Å². The average molecular weight is 346 g/mol. The molecule has 1 atom stereocenters. The quantitative estimate of drug-likeness (QED) is 0.757. The van der Waals surface area contributed by atoms with E-state index in [4.69, 9.17) is 0 Å². The minimum Gasteiger partial charge on any atom is -0.507 e. The van der Waals surface area contributed by atoms with Crippen molar-refractivity contribution in [3.05, 3.63) is 27.3 Å². The van der Waals surface area contributed by atoms with Gasteiger partial charge in [-0.25, -0.2) is 0 Å². The minimum atomic E-state index is -0.0885. The van der Waals surface area contributed by atoms with Crippen molar-refractivity contribution in [3.8, 4) is 5.75 Å². The fraction of sp³-hybridized carbons (Fsp3) is 0.417. The van der Waals surface area contributed by atoms with Gasteiger partial charge in [-0.2, -0.15) is 0 Å².